The molecular formula is C133H127NO2S4. The number of para-hydroxylation sites is 3. The molecule has 0 aliphatic rings. The van der Waals surface area contributed by atoms with Crippen molar-refractivity contribution in [1.82, 2.24) is 4.98 Å². The van der Waals surface area contributed by atoms with Crippen molar-refractivity contribution in [2.75, 3.05) is 0 Å². The van der Waals surface area contributed by atoms with Crippen LogP contribution in [0.15, 0.2) is 415 Å². The Morgan fingerprint density at radius 2 is 0.550 bits per heavy atom. The monoisotopic (exact) mass is 1900 g/mol. The first kappa shape index (κ1) is 98.0. The molecule has 0 N–H and O–H groups in total. The van der Waals surface area contributed by atoms with Crippen LogP contribution in [0.25, 0.3) is 169 Å². The maximum Gasteiger partial charge on any atom is 0.138 e. The van der Waals surface area contributed by atoms with Crippen LogP contribution < -0.4 is 0 Å². The molecule has 7 aromatic heterocycles. The summed E-state index contributed by atoms with van der Waals surface area (Å²) in [5.74, 6) is 3.41. The van der Waals surface area contributed by atoms with Gasteiger partial charge in [-0.15, -0.1) is 45.3 Å². The van der Waals surface area contributed by atoms with Crippen LogP contribution in [0.3, 0.4) is 0 Å². The number of benzene rings is 17. The average Bonchev–Trinajstić information content (AvgIpc) is 1.59. The number of aromatic nitrogens is 1. The molecule has 7 heteroatoms. The summed E-state index contributed by atoms with van der Waals surface area (Å²) >= 11 is 7.59. The topological polar surface area (TPSA) is 39.2 Å². The molecule has 0 unspecified atom stereocenters. The maximum atomic E-state index is 5.94. The van der Waals surface area contributed by atoms with E-state index < -0.39 is 0 Å². The van der Waals surface area contributed by atoms with Crippen molar-refractivity contribution in [3.05, 3.63) is 451 Å². The minimum atomic E-state index is 0.0933. The predicted molar refractivity (Wildman–Crippen MR) is 619 cm³/mol. The summed E-state index contributed by atoms with van der Waals surface area (Å²) in [5, 5.41) is 16.1. The van der Waals surface area contributed by atoms with Gasteiger partial charge in [0.15, 0.2) is 0 Å². The third-order valence-corrected chi connectivity index (χ3v) is 30.9. The lowest BCUT2D eigenvalue weighted by atomic mass is 9.83. The first-order valence-electron chi connectivity index (χ1n) is 49.5. The van der Waals surface area contributed by atoms with Gasteiger partial charge in [0.1, 0.15) is 22.3 Å². The highest BCUT2D eigenvalue weighted by molar-refractivity contribution is 7.27. The molecule has 0 aliphatic carbocycles. The van der Waals surface area contributed by atoms with Crippen molar-refractivity contribution in [2.24, 2.45) is 0 Å². The number of nitrogens with zero attached hydrogens (tertiary/aromatic N) is 1. The van der Waals surface area contributed by atoms with E-state index in [-0.39, 0.29) is 10.8 Å². The lowest BCUT2D eigenvalue weighted by molar-refractivity contribution is 0.590. The molecule has 0 bridgehead atoms. The van der Waals surface area contributed by atoms with Crippen molar-refractivity contribution >= 4 is 170 Å². The number of thiophene rings is 4. The molecule has 0 aliphatic heterocycles. The van der Waals surface area contributed by atoms with Gasteiger partial charge >= 0.3 is 0 Å². The van der Waals surface area contributed by atoms with Gasteiger partial charge in [0.25, 0.3) is 0 Å². The van der Waals surface area contributed by atoms with Gasteiger partial charge in [-0.1, -0.05) is 446 Å². The standard InChI is InChI=1S/C22H22.C21H21N.2C15H14O.4C15H14S/c1-22(2,3)21-15-19(17-10-6-4-7-11-17)14-20(16-21)18-12-8-5-9-13-18;1-21(2,3)18-14-19(16-10-6-4-7-11-16)22-20(15-18)17-12-8-5-9-13-17;1-10(2)11-7-5-8-13-12-6-3-4-9-14(12)16-15(11)13;1-10(2)11-7-8-13-12-5-3-4-6-14(12)16-15(13)9-11;1-10(2)11-7-5-8-13-12-6-3-4-9-14(12)16-15(11)13;1-10(2)11-7-5-9-14-15(11)12-6-3-4-8-13(12)16-14;1-10(2)11-7-8-15-13(9-11)12-5-3-4-6-14(12)16-15;1-10(2)11-7-8-13-12-5-3-4-6-14(12)16-15(13)9-11/h4-16H,1-3H3;4-15H,1-3H3;6*3-10H,1-2H3. The second-order valence-corrected chi connectivity index (χ2v) is 44.6. The molecule has 0 saturated heterocycles. The van der Waals surface area contributed by atoms with Gasteiger partial charge in [-0.2, -0.15) is 0 Å². The minimum absolute atomic E-state index is 0.0933. The van der Waals surface area contributed by atoms with E-state index in [9.17, 15) is 0 Å². The number of fused-ring (bicyclic) bond motifs is 18. The fourth-order valence-corrected chi connectivity index (χ4v) is 22.9. The first-order chi connectivity index (χ1) is 67.7. The molecule has 3 nitrogen and oxygen atoms in total. The fourth-order valence-electron chi connectivity index (χ4n) is 18.2. The Morgan fingerprint density at radius 3 is 1.07 bits per heavy atom. The van der Waals surface area contributed by atoms with Gasteiger partial charge < -0.3 is 8.83 Å². The molecule has 0 amide bonds. The second kappa shape index (κ2) is 43.8. The number of pyridine rings is 1. The van der Waals surface area contributed by atoms with Gasteiger partial charge in [0.05, 0.1) is 11.4 Å². The summed E-state index contributed by atoms with van der Waals surface area (Å²) in [5.41, 5.74) is 24.8. The second-order valence-electron chi connectivity index (χ2n) is 40.3. The molecule has 24 aromatic rings. The summed E-state index contributed by atoms with van der Waals surface area (Å²) in [7, 11) is 0. The highest BCUT2D eigenvalue weighted by atomic mass is 32.1. The molecule has 0 fully saturated rings. The van der Waals surface area contributed by atoms with Crippen LogP contribution in [0.2, 0.25) is 0 Å². The van der Waals surface area contributed by atoms with Crippen LogP contribution in [-0.4, -0.2) is 4.98 Å². The van der Waals surface area contributed by atoms with Gasteiger partial charge in [0.2, 0.25) is 0 Å². The van der Waals surface area contributed by atoms with E-state index in [0.717, 1.165) is 44.8 Å². The molecule has 0 atom stereocenters. The quantitative estimate of drug-likeness (QED) is 0.137. The van der Waals surface area contributed by atoms with E-state index in [4.69, 9.17) is 13.8 Å². The third kappa shape index (κ3) is 22.6. The molecule has 7 heterocycles. The smallest absolute Gasteiger partial charge is 0.138 e. The summed E-state index contributed by atoms with van der Waals surface area (Å²) in [6, 6.07) is 144. The molecular weight excluding hydrogens is 1770 g/mol. The van der Waals surface area contributed by atoms with Gasteiger partial charge in [-0.25, -0.2) is 4.98 Å². The predicted octanol–water partition coefficient (Wildman–Crippen LogP) is 42.2. The van der Waals surface area contributed by atoms with E-state index in [1.54, 1.807) is 0 Å². The van der Waals surface area contributed by atoms with E-state index in [1.807, 2.05) is 87.8 Å². The molecule has 140 heavy (non-hydrogen) atoms. The van der Waals surface area contributed by atoms with Crippen LogP contribution in [0.1, 0.15) is 205 Å². The molecule has 0 spiro atoms. The zero-order valence-corrected chi connectivity index (χ0v) is 87.3. The minimum Gasteiger partial charge on any atom is -0.456 e. The van der Waals surface area contributed by atoms with Crippen molar-refractivity contribution in [3.8, 4) is 44.8 Å². The summed E-state index contributed by atoms with van der Waals surface area (Å²) in [4.78, 5) is 4.89. The summed E-state index contributed by atoms with van der Waals surface area (Å²) in [6.07, 6.45) is 0. The number of hydrogen-bond donors (Lipinski definition) is 0. The lowest BCUT2D eigenvalue weighted by Gasteiger charge is -2.21. The van der Waals surface area contributed by atoms with E-state index in [1.165, 1.54) is 169 Å². The molecule has 0 saturated carbocycles. The van der Waals surface area contributed by atoms with Gasteiger partial charge in [-0.05, 0) is 198 Å². The van der Waals surface area contributed by atoms with E-state index in [2.05, 4.69) is 489 Å². The summed E-state index contributed by atoms with van der Waals surface area (Å²) in [6.45, 7) is 40.4. The Labute approximate surface area is 843 Å². The van der Waals surface area contributed by atoms with Gasteiger partial charge in [0, 0.05) is 113 Å². The van der Waals surface area contributed by atoms with Crippen molar-refractivity contribution in [1.29, 1.82) is 0 Å². The van der Waals surface area contributed by atoms with Crippen LogP contribution in [-0.2, 0) is 10.8 Å². The Bertz CT molecular complexity index is 7800. The fraction of sp³-hybridized carbons (Fsp3) is 0.195. The van der Waals surface area contributed by atoms with Crippen LogP contribution in [0.5, 0.6) is 0 Å². The number of furan rings is 2. The highest BCUT2D eigenvalue weighted by Gasteiger charge is 2.22. The highest BCUT2D eigenvalue weighted by Crippen LogP contribution is 2.44. The van der Waals surface area contributed by atoms with Crippen LogP contribution >= 0.6 is 45.3 Å². The zero-order chi connectivity index (χ0) is 97.9. The van der Waals surface area contributed by atoms with Crippen molar-refractivity contribution < 1.29 is 8.83 Å². The Morgan fingerprint density at radius 1 is 0.207 bits per heavy atom. The SMILES string of the molecule is CC(C)(C)c1cc(-c2ccccc2)cc(-c2ccccc2)c1.CC(C)(C)c1cc(-c2ccccc2)nc(-c2ccccc2)c1.CC(C)c1ccc2c(c1)oc1ccccc12.CC(C)c1ccc2c(c1)sc1ccccc12.CC(C)c1ccc2sc3ccccc3c2c1.CC(C)c1cccc2c1oc1ccccc12.CC(C)c1cccc2c1sc1ccccc12.CC(C)c1cccc2sc3ccccc3c12. The van der Waals surface area contributed by atoms with Gasteiger partial charge in [-0.3, -0.25) is 0 Å². The van der Waals surface area contributed by atoms with E-state index >= 15 is 0 Å². The van der Waals surface area contributed by atoms with Crippen LogP contribution in [0, 0.1) is 0 Å². The Hall–Kier alpha value is -13.6. The third-order valence-electron chi connectivity index (χ3n) is 26.2. The normalized spacial score (nSPS) is 11.6. The van der Waals surface area contributed by atoms with Crippen molar-refractivity contribution in [2.45, 2.75) is 171 Å². The molecule has 17 aromatic carbocycles. The maximum absolute atomic E-state index is 5.94. The Kier molecular flexibility index (Phi) is 30.7. The summed E-state index contributed by atoms with van der Waals surface area (Å²) < 4.78 is 23.0. The molecule has 0 radical (unpaired) electrons. The first-order valence-corrected chi connectivity index (χ1v) is 52.8. The number of rotatable bonds is 10. The van der Waals surface area contributed by atoms with E-state index in [0.29, 0.717) is 35.5 Å². The average molecular weight is 1900 g/mol. The van der Waals surface area contributed by atoms with Crippen LogP contribution in [0.4, 0.5) is 0 Å². The largest absolute Gasteiger partial charge is 0.456 e. The Balaban J connectivity index is 0.000000111. The lowest BCUT2D eigenvalue weighted by Crippen LogP contribution is -2.12. The molecule has 24 rings (SSSR count). The molecule has 700 valence electrons. The van der Waals surface area contributed by atoms with Crippen molar-refractivity contribution in [3.63, 3.8) is 0 Å². The zero-order valence-electron chi connectivity index (χ0n) is 84.0. The number of hydrogen-bond acceptors (Lipinski definition) is 7.